The number of para-hydroxylation sites is 2. The van der Waals surface area contributed by atoms with Gasteiger partial charge in [0.15, 0.2) is 0 Å². The van der Waals surface area contributed by atoms with E-state index in [1.54, 1.807) is 0 Å². The molecule has 0 saturated heterocycles. The molecule has 152 valence electrons. The zero-order valence-corrected chi connectivity index (χ0v) is 17.7. The average Bonchev–Trinajstić information content (AvgIpc) is 3.39. The smallest absolute Gasteiger partial charge is 0.0541 e. The molecule has 2 nitrogen and oxygen atoms in total. The predicted molar refractivity (Wildman–Crippen MR) is 135 cm³/mol. The molecule has 2 heterocycles. The average molecular weight is 411 g/mol. The molecule has 0 fully saturated rings. The van der Waals surface area contributed by atoms with Gasteiger partial charge in [0.05, 0.1) is 11.0 Å². The van der Waals surface area contributed by atoms with E-state index in [-0.39, 0.29) is 0 Å². The fraction of sp³-hybridized carbons (Fsp3) is 0.0667. The quantitative estimate of drug-likeness (QED) is 0.346. The van der Waals surface area contributed by atoms with E-state index in [2.05, 4.69) is 113 Å². The van der Waals surface area contributed by atoms with Crippen LogP contribution in [0.4, 0.5) is 0 Å². The van der Waals surface area contributed by atoms with Gasteiger partial charge in [0.2, 0.25) is 0 Å². The van der Waals surface area contributed by atoms with Gasteiger partial charge in [-0.2, -0.15) is 0 Å². The summed E-state index contributed by atoms with van der Waals surface area (Å²) in [5.41, 5.74) is 7.41. The van der Waals surface area contributed by atoms with Crippen LogP contribution in [-0.2, 0) is 0 Å². The Morgan fingerprint density at radius 2 is 1.31 bits per heavy atom. The van der Waals surface area contributed by atoms with Crippen molar-refractivity contribution in [3.63, 3.8) is 0 Å². The third kappa shape index (κ3) is 2.53. The Morgan fingerprint density at radius 1 is 0.594 bits per heavy atom. The second kappa shape index (κ2) is 6.73. The van der Waals surface area contributed by atoms with E-state index in [1.807, 2.05) is 0 Å². The number of aromatic amines is 1. The normalized spacial score (nSPS) is 13.2. The Balaban J connectivity index is 1.49. The van der Waals surface area contributed by atoms with E-state index in [1.165, 1.54) is 60.1 Å². The van der Waals surface area contributed by atoms with Crippen molar-refractivity contribution in [3.8, 4) is 16.8 Å². The Kier molecular flexibility index (Phi) is 3.71. The first kappa shape index (κ1) is 17.6. The number of hydrogen-bond donors (Lipinski definition) is 1. The molecule has 1 aliphatic carbocycles. The highest BCUT2D eigenvalue weighted by Crippen LogP contribution is 2.35. The Morgan fingerprint density at radius 3 is 2.22 bits per heavy atom. The molecule has 0 aliphatic heterocycles. The van der Waals surface area contributed by atoms with Gasteiger partial charge in [-0.3, -0.25) is 0 Å². The molecule has 6 aromatic rings. The number of aromatic nitrogens is 2. The molecule has 0 unspecified atom stereocenters. The minimum atomic E-state index is 1.12. The molecule has 2 heteroatoms. The van der Waals surface area contributed by atoms with Crippen LogP contribution in [0, 0.1) is 0 Å². The summed E-state index contributed by atoms with van der Waals surface area (Å²) in [7, 11) is 0. The molecular formula is C30H22N2. The van der Waals surface area contributed by atoms with Crippen molar-refractivity contribution < 1.29 is 0 Å². The number of nitrogens with one attached hydrogen (secondary N) is 1. The molecule has 0 amide bonds. The van der Waals surface area contributed by atoms with Crippen LogP contribution in [-0.4, -0.2) is 9.55 Å². The highest BCUT2D eigenvalue weighted by molar-refractivity contribution is 6.10. The molecule has 2 aromatic heterocycles. The van der Waals surface area contributed by atoms with E-state index in [0.717, 1.165) is 12.8 Å². The van der Waals surface area contributed by atoms with Crippen LogP contribution in [0.5, 0.6) is 0 Å². The minimum Gasteiger partial charge on any atom is -0.355 e. The molecule has 0 radical (unpaired) electrons. The molecule has 1 N–H and O–H groups in total. The lowest BCUT2D eigenvalue weighted by molar-refractivity contribution is 1.11. The summed E-state index contributed by atoms with van der Waals surface area (Å²) in [4.78, 5) is 3.58. The van der Waals surface area contributed by atoms with E-state index in [0.29, 0.717) is 0 Å². The summed E-state index contributed by atoms with van der Waals surface area (Å²) in [5.74, 6) is 0. The monoisotopic (exact) mass is 410 g/mol. The fourth-order valence-corrected chi connectivity index (χ4v) is 5.26. The summed E-state index contributed by atoms with van der Waals surface area (Å²) in [6, 6.07) is 33.0. The van der Waals surface area contributed by atoms with E-state index >= 15 is 0 Å². The number of H-pyrrole nitrogens is 1. The van der Waals surface area contributed by atoms with Crippen molar-refractivity contribution in [1.82, 2.24) is 9.55 Å². The van der Waals surface area contributed by atoms with Gasteiger partial charge in [-0.15, -0.1) is 0 Å². The van der Waals surface area contributed by atoms with Crippen LogP contribution in [0.1, 0.15) is 12.8 Å². The third-order valence-corrected chi connectivity index (χ3v) is 6.75. The van der Waals surface area contributed by atoms with Crippen LogP contribution >= 0.6 is 0 Å². The van der Waals surface area contributed by atoms with Gasteiger partial charge < -0.3 is 9.55 Å². The Hall–Kier alpha value is -4.04. The first-order valence-electron chi connectivity index (χ1n) is 11.3. The van der Waals surface area contributed by atoms with Crippen molar-refractivity contribution in [3.05, 3.63) is 102 Å². The topological polar surface area (TPSA) is 20.7 Å². The molecule has 0 atom stereocenters. The van der Waals surface area contributed by atoms with E-state index < -0.39 is 0 Å². The molecular weight excluding hydrogens is 388 g/mol. The van der Waals surface area contributed by atoms with Crippen molar-refractivity contribution in [2.24, 2.45) is 0 Å². The molecule has 32 heavy (non-hydrogen) atoms. The Bertz CT molecular complexity index is 1760. The summed E-state index contributed by atoms with van der Waals surface area (Å²) < 4.78 is 2.37. The third-order valence-electron chi connectivity index (χ3n) is 6.75. The number of benzene rings is 4. The van der Waals surface area contributed by atoms with Gasteiger partial charge in [-0.05, 0) is 66.4 Å². The summed E-state index contributed by atoms with van der Waals surface area (Å²) in [5, 5.41) is 6.52. The van der Waals surface area contributed by atoms with E-state index in [4.69, 9.17) is 0 Å². The van der Waals surface area contributed by atoms with Gasteiger partial charge >= 0.3 is 0 Å². The van der Waals surface area contributed by atoms with Crippen LogP contribution in [0.15, 0.2) is 91.0 Å². The van der Waals surface area contributed by atoms with Gasteiger partial charge in [-0.25, -0.2) is 0 Å². The van der Waals surface area contributed by atoms with Crippen LogP contribution in [0.2, 0.25) is 0 Å². The first-order valence-corrected chi connectivity index (χ1v) is 11.3. The van der Waals surface area contributed by atoms with Crippen LogP contribution in [0.25, 0.3) is 61.7 Å². The highest BCUT2D eigenvalue weighted by atomic mass is 15.0. The second-order valence-electron chi connectivity index (χ2n) is 8.62. The first-order chi connectivity index (χ1) is 15.9. The molecule has 0 bridgehead atoms. The number of hydrogen-bond acceptors (Lipinski definition) is 0. The van der Waals surface area contributed by atoms with Gasteiger partial charge in [0.1, 0.15) is 0 Å². The molecule has 4 aromatic carbocycles. The largest absolute Gasteiger partial charge is 0.355 e. The van der Waals surface area contributed by atoms with Crippen molar-refractivity contribution in [1.29, 1.82) is 0 Å². The van der Waals surface area contributed by atoms with Crippen molar-refractivity contribution in [2.45, 2.75) is 12.8 Å². The zero-order chi connectivity index (χ0) is 21.1. The molecule has 7 rings (SSSR count). The van der Waals surface area contributed by atoms with Crippen LogP contribution < -0.4 is 10.6 Å². The lowest BCUT2D eigenvalue weighted by atomic mass is 10.0. The predicted octanol–water partition coefficient (Wildman–Crippen LogP) is 6.29. The standard InChI is InChI=1S/C30H22N2/c1-2-8-22(9-3-1)32-29-13-7-5-11-24(29)26-19-21(15-17-30(26)32)20-14-16-28-25(18-20)23-10-4-6-12-27(23)31-28/h1-3,5,7-19,31H,4,6H2. The van der Waals surface area contributed by atoms with Gasteiger partial charge in [-0.1, -0.05) is 60.7 Å². The number of fused-ring (bicyclic) bond motifs is 6. The molecule has 1 aliphatic rings. The molecule has 0 saturated carbocycles. The lowest BCUT2D eigenvalue weighted by Crippen LogP contribution is -2.24. The Labute approximate surface area is 185 Å². The fourth-order valence-electron chi connectivity index (χ4n) is 5.26. The van der Waals surface area contributed by atoms with Gasteiger partial charge in [0, 0.05) is 37.9 Å². The number of rotatable bonds is 2. The summed E-state index contributed by atoms with van der Waals surface area (Å²) >= 11 is 0. The highest BCUT2D eigenvalue weighted by Gasteiger charge is 2.13. The van der Waals surface area contributed by atoms with E-state index in [9.17, 15) is 0 Å². The number of nitrogens with zero attached hydrogens (tertiary/aromatic N) is 1. The minimum absolute atomic E-state index is 1.12. The molecule has 0 spiro atoms. The van der Waals surface area contributed by atoms with Gasteiger partial charge in [0.25, 0.3) is 0 Å². The summed E-state index contributed by atoms with van der Waals surface area (Å²) in [6.07, 6.45) is 6.93. The lowest BCUT2D eigenvalue weighted by Gasteiger charge is -2.08. The summed E-state index contributed by atoms with van der Waals surface area (Å²) in [6.45, 7) is 0. The van der Waals surface area contributed by atoms with Crippen molar-refractivity contribution >= 4 is 44.9 Å². The maximum atomic E-state index is 3.58. The van der Waals surface area contributed by atoms with Crippen molar-refractivity contribution in [2.75, 3.05) is 0 Å². The maximum absolute atomic E-state index is 3.58. The SMILES string of the molecule is C1=c2[nH]c3ccc(-c4ccc5c(c4)c4ccccc4n5-c4ccccc4)cc3c2=CCC1. The maximum Gasteiger partial charge on any atom is 0.0541 e. The zero-order valence-electron chi connectivity index (χ0n) is 17.7. The second-order valence-corrected chi connectivity index (χ2v) is 8.62. The van der Waals surface area contributed by atoms with Crippen LogP contribution in [0.3, 0.4) is 0 Å².